The van der Waals surface area contributed by atoms with Crippen molar-refractivity contribution in [3.05, 3.63) is 60.8 Å². The molecular formula is C47H83O9P. The van der Waals surface area contributed by atoms with Crippen LogP contribution in [0.5, 0.6) is 0 Å². The molecule has 0 aromatic carbocycles. The zero-order chi connectivity index (χ0) is 41.9. The van der Waals surface area contributed by atoms with E-state index in [0.717, 1.165) is 51.4 Å². The number of allylic oxidation sites excluding steroid dienone is 9. The number of hydrogen-bond acceptors (Lipinski definition) is 7. The zero-order valence-electron chi connectivity index (χ0n) is 36.1. The molecule has 0 radical (unpaired) electrons. The second-order valence-electron chi connectivity index (χ2n) is 15.2. The third kappa shape index (κ3) is 44.7. The number of phosphoric ester groups is 1. The van der Waals surface area contributed by atoms with Gasteiger partial charge in [0.15, 0.2) is 6.10 Å². The number of hydrogen-bond donors (Lipinski definition) is 3. The van der Waals surface area contributed by atoms with E-state index >= 15 is 0 Å². The van der Waals surface area contributed by atoms with Crippen molar-refractivity contribution in [2.45, 2.75) is 212 Å². The van der Waals surface area contributed by atoms with Crippen LogP contribution in [0.15, 0.2) is 60.8 Å². The van der Waals surface area contributed by atoms with Crippen molar-refractivity contribution in [1.29, 1.82) is 0 Å². The minimum Gasteiger partial charge on any atom is -0.462 e. The molecule has 0 heterocycles. The Balaban J connectivity index is 3.97. The molecule has 330 valence electrons. The summed E-state index contributed by atoms with van der Waals surface area (Å²) in [5.74, 6) is -0.971. The molecule has 57 heavy (non-hydrogen) atoms. The molecule has 10 heteroatoms. The summed E-state index contributed by atoms with van der Waals surface area (Å²) in [5.41, 5.74) is 0. The molecule has 0 spiro atoms. The summed E-state index contributed by atoms with van der Waals surface area (Å²) >= 11 is 0. The molecule has 1 unspecified atom stereocenters. The number of carbonyl (C=O) groups excluding carboxylic acids is 2. The van der Waals surface area contributed by atoms with E-state index in [1.165, 1.54) is 96.3 Å². The van der Waals surface area contributed by atoms with E-state index in [1.807, 2.05) is 18.2 Å². The van der Waals surface area contributed by atoms with E-state index in [9.17, 15) is 19.3 Å². The van der Waals surface area contributed by atoms with Crippen LogP contribution in [0.2, 0.25) is 0 Å². The van der Waals surface area contributed by atoms with Crippen LogP contribution in [0.3, 0.4) is 0 Å². The average Bonchev–Trinajstić information content (AvgIpc) is 3.17. The van der Waals surface area contributed by atoms with Crippen LogP contribution < -0.4 is 0 Å². The Kier molecular flexibility index (Phi) is 40.2. The SMILES string of the molecule is CCCCCCCC/C=C\CCCCCCCCCCCCCC(=O)O[C@H](COC(=O)CCC/C=C\C/C=C\C/C=C\C/C=C\CC(O)CCC)COP(=O)(O)O. The smallest absolute Gasteiger partial charge is 0.462 e. The van der Waals surface area contributed by atoms with Gasteiger partial charge >= 0.3 is 19.8 Å². The number of aliphatic hydroxyl groups excluding tert-OH is 1. The molecule has 3 N–H and O–H groups in total. The summed E-state index contributed by atoms with van der Waals surface area (Å²) in [7, 11) is -4.78. The van der Waals surface area contributed by atoms with Crippen molar-refractivity contribution in [2.24, 2.45) is 0 Å². The van der Waals surface area contributed by atoms with E-state index in [4.69, 9.17) is 19.3 Å². The maximum atomic E-state index is 12.4. The number of carbonyl (C=O) groups is 2. The molecule has 0 saturated carbocycles. The van der Waals surface area contributed by atoms with Gasteiger partial charge in [-0.25, -0.2) is 4.57 Å². The highest BCUT2D eigenvalue weighted by atomic mass is 31.2. The van der Waals surface area contributed by atoms with Crippen molar-refractivity contribution in [3.63, 3.8) is 0 Å². The Morgan fingerprint density at radius 1 is 0.526 bits per heavy atom. The second-order valence-corrected chi connectivity index (χ2v) is 16.4. The van der Waals surface area contributed by atoms with Crippen LogP contribution >= 0.6 is 7.82 Å². The van der Waals surface area contributed by atoms with Crippen LogP contribution in [0.1, 0.15) is 200 Å². The summed E-state index contributed by atoms with van der Waals surface area (Å²) in [6.07, 6.45) is 50.1. The molecule has 2 atom stereocenters. The van der Waals surface area contributed by atoms with Gasteiger partial charge in [0.05, 0.1) is 12.7 Å². The second kappa shape index (κ2) is 41.9. The highest BCUT2D eigenvalue weighted by Crippen LogP contribution is 2.36. The first-order valence-corrected chi connectivity index (χ1v) is 24.2. The zero-order valence-corrected chi connectivity index (χ0v) is 37.0. The van der Waals surface area contributed by atoms with Crippen LogP contribution in [0.4, 0.5) is 0 Å². The number of unbranched alkanes of at least 4 members (excludes halogenated alkanes) is 18. The summed E-state index contributed by atoms with van der Waals surface area (Å²) in [6, 6.07) is 0. The predicted octanol–water partition coefficient (Wildman–Crippen LogP) is 13.0. The molecule has 0 aromatic rings. The number of phosphoric acid groups is 1. The Hall–Kier alpha value is -2.29. The number of aliphatic hydroxyl groups is 1. The highest BCUT2D eigenvalue weighted by Gasteiger charge is 2.22. The Morgan fingerprint density at radius 2 is 0.965 bits per heavy atom. The van der Waals surface area contributed by atoms with Crippen molar-refractivity contribution in [3.8, 4) is 0 Å². The summed E-state index contributed by atoms with van der Waals surface area (Å²) in [5, 5.41) is 9.71. The van der Waals surface area contributed by atoms with Crippen LogP contribution in [0, 0.1) is 0 Å². The third-order valence-corrected chi connectivity index (χ3v) is 10.0. The van der Waals surface area contributed by atoms with Gasteiger partial charge in [-0.1, -0.05) is 171 Å². The van der Waals surface area contributed by atoms with Gasteiger partial charge in [-0.2, -0.15) is 0 Å². The first-order chi connectivity index (χ1) is 27.7. The molecule has 0 fully saturated rings. The van der Waals surface area contributed by atoms with Gasteiger partial charge in [0.2, 0.25) is 0 Å². The van der Waals surface area contributed by atoms with E-state index in [-0.39, 0.29) is 25.6 Å². The van der Waals surface area contributed by atoms with Gasteiger partial charge in [0.25, 0.3) is 0 Å². The predicted molar refractivity (Wildman–Crippen MR) is 236 cm³/mol. The minimum absolute atomic E-state index is 0.175. The molecule has 0 aliphatic heterocycles. The average molecular weight is 823 g/mol. The van der Waals surface area contributed by atoms with Crippen molar-refractivity contribution >= 4 is 19.8 Å². The Morgan fingerprint density at radius 3 is 1.49 bits per heavy atom. The minimum atomic E-state index is -4.78. The van der Waals surface area contributed by atoms with Gasteiger partial charge in [-0.15, -0.1) is 0 Å². The maximum Gasteiger partial charge on any atom is 0.469 e. The van der Waals surface area contributed by atoms with Crippen LogP contribution in [0.25, 0.3) is 0 Å². The Labute approximate surface area is 348 Å². The fraction of sp³-hybridized carbons (Fsp3) is 0.745. The van der Waals surface area contributed by atoms with Gasteiger partial charge in [-0.3, -0.25) is 14.1 Å². The molecule has 0 saturated heterocycles. The third-order valence-electron chi connectivity index (χ3n) is 9.56. The van der Waals surface area contributed by atoms with Gasteiger partial charge in [0.1, 0.15) is 6.61 Å². The van der Waals surface area contributed by atoms with Gasteiger partial charge in [-0.05, 0) is 77.0 Å². The lowest BCUT2D eigenvalue weighted by Crippen LogP contribution is -2.29. The van der Waals surface area contributed by atoms with Crippen molar-refractivity contribution in [2.75, 3.05) is 13.2 Å². The first-order valence-electron chi connectivity index (χ1n) is 22.7. The van der Waals surface area contributed by atoms with E-state index in [1.54, 1.807) is 0 Å². The van der Waals surface area contributed by atoms with E-state index < -0.39 is 32.5 Å². The number of ether oxygens (including phenoxy) is 2. The van der Waals surface area contributed by atoms with Crippen LogP contribution in [-0.4, -0.2) is 52.3 Å². The van der Waals surface area contributed by atoms with Gasteiger partial charge in [0, 0.05) is 12.8 Å². The topological polar surface area (TPSA) is 140 Å². The van der Waals surface area contributed by atoms with E-state index in [2.05, 4.69) is 60.9 Å². The van der Waals surface area contributed by atoms with Crippen molar-refractivity contribution in [1.82, 2.24) is 0 Å². The molecule has 0 amide bonds. The molecule has 0 aliphatic rings. The fourth-order valence-corrected chi connectivity index (χ4v) is 6.56. The highest BCUT2D eigenvalue weighted by molar-refractivity contribution is 7.46. The fourth-order valence-electron chi connectivity index (χ4n) is 6.20. The quantitative estimate of drug-likeness (QED) is 0.0238. The lowest BCUT2D eigenvalue weighted by molar-refractivity contribution is -0.161. The number of esters is 2. The molecule has 0 rings (SSSR count). The summed E-state index contributed by atoms with van der Waals surface area (Å²) in [6.45, 7) is 3.45. The molecular weight excluding hydrogens is 739 g/mol. The normalized spacial score (nSPS) is 13.6. The largest absolute Gasteiger partial charge is 0.469 e. The van der Waals surface area contributed by atoms with Gasteiger partial charge < -0.3 is 24.4 Å². The van der Waals surface area contributed by atoms with Crippen LogP contribution in [-0.2, 0) is 28.2 Å². The summed E-state index contributed by atoms with van der Waals surface area (Å²) < 4.78 is 26.4. The molecule has 9 nitrogen and oxygen atoms in total. The molecule has 0 aromatic heterocycles. The standard InChI is InChI=1S/C47H83O9P/c1-3-5-6-7-8-9-10-11-12-13-14-15-16-17-18-21-25-28-31-34-37-41-47(50)56-45(43-55-57(51,52)53)42-54-46(49)40-36-33-30-27-24-22-19-20-23-26-29-32-35-39-44(48)38-4-2/h11-12,19,22-23,26-27,30,32,35,44-45,48H,3-10,13-18,20-21,24-25,28-29,31,33-34,36-43H2,1-2H3,(H2,51,52,53)/b12-11-,22-19-,26-23-,30-27-,35-32-/t44?,45-/m1/s1. The number of rotatable bonds is 41. The lowest BCUT2D eigenvalue weighted by Gasteiger charge is -2.18. The first kappa shape index (κ1) is 54.7. The lowest BCUT2D eigenvalue weighted by atomic mass is 10.0. The summed E-state index contributed by atoms with van der Waals surface area (Å²) in [4.78, 5) is 42.9. The van der Waals surface area contributed by atoms with E-state index in [0.29, 0.717) is 25.7 Å². The Bertz CT molecular complexity index is 1120. The monoisotopic (exact) mass is 823 g/mol. The molecule has 0 aliphatic carbocycles. The molecule has 0 bridgehead atoms. The van der Waals surface area contributed by atoms with Crippen molar-refractivity contribution < 1.29 is 43.0 Å². The maximum absolute atomic E-state index is 12.4.